The van der Waals surface area contributed by atoms with Gasteiger partial charge in [-0.1, -0.05) is 50.5 Å². The van der Waals surface area contributed by atoms with Crippen molar-refractivity contribution in [2.45, 2.75) is 45.1 Å². The van der Waals surface area contributed by atoms with E-state index in [1.54, 1.807) is 0 Å². The summed E-state index contributed by atoms with van der Waals surface area (Å²) in [6, 6.07) is 8.46. The largest absolute Gasteiger partial charge is 0.492 e. The molecule has 3 nitrogen and oxygen atoms in total. The van der Waals surface area contributed by atoms with E-state index in [4.69, 9.17) is 22.7 Å². The first kappa shape index (κ1) is 16.2. The lowest BCUT2D eigenvalue weighted by molar-refractivity contribution is 0.137. The van der Waals surface area contributed by atoms with Crippen molar-refractivity contribution in [3.05, 3.63) is 29.8 Å². The molecule has 1 aromatic rings. The summed E-state index contributed by atoms with van der Waals surface area (Å²) in [4.78, 5) is 2.97. The maximum atomic E-state index is 5.86. The molecule has 1 saturated carbocycles. The Bertz CT molecular complexity index is 458. The van der Waals surface area contributed by atoms with Crippen LogP contribution in [0.3, 0.4) is 0 Å². The second kappa shape index (κ2) is 8.35. The quantitative estimate of drug-likeness (QED) is 0.784. The maximum Gasteiger partial charge on any atom is 0.120 e. The molecule has 0 spiro atoms. The first-order valence-electron chi connectivity index (χ1n) is 7.97. The van der Waals surface area contributed by atoms with E-state index in [1.165, 1.54) is 32.1 Å². The standard InChI is InChI=1S/C17H26N2OS/c1-2-19(15-8-4-3-5-9-15)11-12-20-16-10-6-7-14(13-16)17(18)21/h6-7,10,13,15H,2-5,8-9,11-12H2,1H3,(H2,18,21). The minimum atomic E-state index is 0.415. The topological polar surface area (TPSA) is 38.5 Å². The van der Waals surface area contributed by atoms with Crippen molar-refractivity contribution in [3.8, 4) is 5.75 Å². The molecular weight excluding hydrogens is 280 g/mol. The van der Waals surface area contributed by atoms with E-state index in [0.717, 1.165) is 30.4 Å². The van der Waals surface area contributed by atoms with Crippen LogP contribution >= 0.6 is 12.2 Å². The molecule has 0 saturated heterocycles. The van der Waals surface area contributed by atoms with Crippen LogP contribution in [0.4, 0.5) is 0 Å². The molecule has 2 N–H and O–H groups in total. The molecule has 0 unspecified atom stereocenters. The van der Waals surface area contributed by atoms with Crippen LogP contribution in [0, 0.1) is 0 Å². The monoisotopic (exact) mass is 306 g/mol. The zero-order valence-corrected chi connectivity index (χ0v) is 13.7. The highest BCUT2D eigenvalue weighted by atomic mass is 32.1. The number of likely N-dealkylation sites (N-methyl/N-ethyl adjacent to an activating group) is 1. The van der Waals surface area contributed by atoms with E-state index in [2.05, 4.69) is 11.8 Å². The fourth-order valence-corrected chi connectivity index (χ4v) is 3.19. The smallest absolute Gasteiger partial charge is 0.120 e. The van der Waals surface area contributed by atoms with E-state index >= 15 is 0 Å². The highest BCUT2D eigenvalue weighted by molar-refractivity contribution is 7.80. The second-order valence-corrected chi connectivity index (χ2v) is 6.10. The van der Waals surface area contributed by atoms with E-state index in [-0.39, 0.29) is 0 Å². The molecule has 0 heterocycles. The average Bonchev–Trinajstić information content (AvgIpc) is 2.53. The Morgan fingerprint density at radius 3 is 2.76 bits per heavy atom. The van der Waals surface area contributed by atoms with Gasteiger partial charge in [0, 0.05) is 18.2 Å². The van der Waals surface area contributed by atoms with Gasteiger partial charge in [-0.2, -0.15) is 0 Å². The first-order chi connectivity index (χ1) is 10.2. The average molecular weight is 306 g/mol. The molecule has 116 valence electrons. The van der Waals surface area contributed by atoms with E-state index in [1.807, 2.05) is 24.3 Å². The molecule has 1 fully saturated rings. The number of hydrogen-bond donors (Lipinski definition) is 1. The van der Waals surface area contributed by atoms with Crippen molar-refractivity contribution in [1.29, 1.82) is 0 Å². The van der Waals surface area contributed by atoms with Gasteiger partial charge in [-0.3, -0.25) is 4.90 Å². The molecule has 2 rings (SSSR count). The van der Waals surface area contributed by atoms with Gasteiger partial charge in [0.2, 0.25) is 0 Å². The van der Waals surface area contributed by atoms with Crippen LogP contribution in [0.5, 0.6) is 5.75 Å². The van der Waals surface area contributed by atoms with Crippen molar-refractivity contribution in [2.75, 3.05) is 19.7 Å². The van der Waals surface area contributed by atoms with Gasteiger partial charge >= 0.3 is 0 Å². The highest BCUT2D eigenvalue weighted by Crippen LogP contribution is 2.22. The van der Waals surface area contributed by atoms with Crippen LogP contribution in [-0.2, 0) is 0 Å². The Morgan fingerprint density at radius 2 is 2.10 bits per heavy atom. The Hall–Kier alpha value is -1.13. The van der Waals surface area contributed by atoms with Crippen molar-refractivity contribution < 1.29 is 4.74 Å². The number of hydrogen-bond acceptors (Lipinski definition) is 3. The normalized spacial score (nSPS) is 16.1. The number of ether oxygens (including phenoxy) is 1. The summed E-state index contributed by atoms with van der Waals surface area (Å²) in [7, 11) is 0. The molecule has 0 aliphatic heterocycles. The van der Waals surface area contributed by atoms with Crippen LogP contribution in [0.25, 0.3) is 0 Å². The minimum absolute atomic E-state index is 0.415. The zero-order valence-electron chi connectivity index (χ0n) is 12.9. The van der Waals surface area contributed by atoms with Gasteiger partial charge in [-0.05, 0) is 31.5 Å². The van der Waals surface area contributed by atoms with E-state index in [9.17, 15) is 0 Å². The van der Waals surface area contributed by atoms with Gasteiger partial charge in [-0.25, -0.2) is 0 Å². The molecule has 0 aromatic heterocycles. The zero-order chi connectivity index (χ0) is 15.1. The summed E-state index contributed by atoms with van der Waals surface area (Å²) in [6.07, 6.45) is 6.82. The predicted octanol–water partition coefficient (Wildman–Crippen LogP) is 3.35. The third-order valence-electron chi connectivity index (χ3n) is 4.26. The Balaban J connectivity index is 1.82. The van der Waals surface area contributed by atoms with Crippen molar-refractivity contribution in [2.24, 2.45) is 5.73 Å². The van der Waals surface area contributed by atoms with Gasteiger partial charge in [-0.15, -0.1) is 0 Å². The van der Waals surface area contributed by atoms with Gasteiger partial charge in [0.05, 0.1) is 0 Å². The highest BCUT2D eigenvalue weighted by Gasteiger charge is 2.19. The van der Waals surface area contributed by atoms with Gasteiger partial charge in [0.1, 0.15) is 17.3 Å². The maximum absolute atomic E-state index is 5.86. The van der Waals surface area contributed by atoms with E-state index in [0.29, 0.717) is 11.6 Å². The third kappa shape index (κ3) is 4.97. The van der Waals surface area contributed by atoms with E-state index < -0.39 is 0 Å². The molecule has 1 aromatic carbocycles. The van der Waals surface area contributed by atoms with Crippen LogP contribution in [0.2, 0.25) is 0 Å². The summed E-state index contributed by atoms with van der Waals surface area (Å²) in [5.74, 6) is 0.847. The minimum Gasteiger partial charge on any atom is -0.492 e. The number of benzene rings is 1. The lowest BCUT2D eigenvalue weighted by Crippen LogP contribution is -2.39. The summed E-state index contributed by atoms with van der Waals surface area (Å²) >= 11 is 4.99. The number of thiocarbonyl (C=S) groups is 1. The van der Waals surface area contributed by atoms with Crippen molar-refractivity contribution >= 4 is 17.2 Å². The van der Waals surface area contributed by atoms with Crippen LogP contribution in [0.1, 0.15) is 44.6 Å². The third-order valence-corrected chi connectivity index (χ3v) is 4.50. The van der Waals surface area contributed by atoms with Crippen LogP contribution in [-0.4, -0.2) is 35.6 Å². The van der Waals surface area contributed by atoms with Gasteiger partial charge in [0.15, 0.2) is 0 Å². The van der Waals surface area contributed by atoms with Crippen LogP contribution < -0.4 is 10.5 Å². The lowest BCUT2D eigenvalue weighted by Gasteiger charge is -2.33. The fourth-order valence-electron chi connectivity index (χ4n) is 3.06. The number of nitrogens with zero attached hydrogens (tertiary/aromatic N) is 1. The molecule has 4 heteroatoms. The molecule has 1 aliphatic rings. The SMILES string of the molecule is CCN(CCOc1cccc(C(N)=S)c1)C1CCCCC1. The Kier molecular flexibility index (Phi) is 6.46. The summed E-state index contributed by atoms with van der Waals surface area (Å²) in [6.45, 7) is 5.03. The number of rotatable bonds is 7. The summed E-state index contributed by atoms with van der Waals surface area (Å²) in [5.41, 5.74) is 6.51. The predicted molar refractivity (Wildman–Crippen MR) is 91.9 cm³/mol. The van der Waals surface area contributed by atoms with Crippen molar-refractivity contribution in [3.63, 3.8) is 0 Å². The molecule has 1 aliphatic carbocycles. The lowest BCUT2D eigenvalue weighted by atomic mass is 9.94. The Morgan fingerprint density at radius 1 is 1.33 bits per heavy atom. The molecule has 0 bridgehead atoms. The van der Waals surface area contributed by atoms with Gasteiger partial charge in [0.25, 0.3) is 0 Å². The molecule has 0 amide bonds. The summed E-state index contributed by atoms with van der Waals surface area (Å²) in [5, 5.41) is 0. The molecule has 21 heavy (non-hydrogen) atoms. The second-order valence-electron chi connectivity index (χ2n) is 5.66. The molecular formula is C17H26N2OS. The number of nitrogens with two attached hydrogens (primary N) is 1. The van der Waals surface area contributed by atoms with Crippen molar-refractivity contribution in [1.82, 2.24) is 4.90 Å². The Labute approximate surface area is 133 Å². The van der Waals surface area contributed by atoms with Gasteiger partial charge < -0.3 is 10.5 Å². The fraction of sp³-hybridized carbons (Fsp3) is 0.588. The first-order valence-corrected chi connectivity index (χ1v) is 8.38. The van der Waals surface area contributed by atoms with Crippen LogP contribution in [0.15, 0.2) is 24.3 Å². The summed E-state index contributed by atoms with van der Waals surface area (Å²) < 4.78 is 5.86. The molecule has 0 radical (unpaired) electrons. The molecule has 0 atom stereocenters.